The first-order valence-electron chi connectivity index (χ1n) is 5.53. The van der Waals surface area contributed by atoms with Crippen molar-refractivity contribution < 1.29 is 5.11 Å². The molecule has 0 rings (SSSR count). The SMILES string of the molecule is CCCCC(CCCC)C(C)(N)O. The lowest BCUT2D eigenvalue weighted by Crippen LogP contribution is -2.43. The summed E-state index contributed by atoms with van der Waals surface area (Å²) in [6.07, 6.45) is 6.81. The molecular weight excluding hydrogens is 162 g/mol. The van der Waals surface area contributed by atoms with Gasteiger partial charge in [0.15, 0.2) is 0 Å². The van der Waals surface area contributed by atoms with Crippen molar-refractivity contribution >= 4 is 0 Å². The smallest absolute Gasteiger partial charge is 0.113 e. The Morgan fingerprint density at radius 1 is 1.15 bits per heavy atom. The molecule has 80 valence electrons. The fourth-order valence-electron chi connectivity index (χ4n) is 1.63. The first-order valence-corrected chi connectivity index (χ1v) is 5.53. The van der Waals surface area contributed by atoms with E-state index < -0.39 is 5.72 Å². The van der Waals surface area contributed by atoms with Crippen LogP contribution in [0.5, 0.6) is 0 Å². The summed E-state index contributed by atoms with van der Waals surface area (Å²) in [4.78, 5) is 0. The molecule has 3 N–H and O–H groups in total. The predicted octanol–water partition coefficient (Wildman–Crippen LogP) is 2.65. The molecule has 2 heteroatoms. The molecule has 0 aromatic heterocycles. The molecule has 0 bridgehead atoms. The zero-order valence-corrected chi connectivity index (χ0v) is 9.34. The van der Waals surface area contributed by atoms with Crippen molar-refractivity contribution in [1.29, 1.82) is 0 Å². The number of hydrogen-bond donors (Lipinski definition) is 2. The summed E-state index contributed by atoms with van der Waals surface area (Å²) in [6, 6.07) is 0. The van der Waals surface area contributed by atoms with Crippen LogP contribution in [0.15, 0.2) is 0 Å². The Hall–Kier alpha value is -0.0800. The molecule has 0 fully saturated rings. The van der Waals surface area contributed by atoms with E-state index in [0.29, 0.717) is 0 Å². The van der Waals surface area contributed by atoms with Gasteiger partial charge < -0.3 is 10.8 Å². The van der Waals surface area contributed by atoms with Gasteiger partial charge in [-0.25, -0.2) is 0 Å². The Morgan fingerprint density at radius 3 is 1.77 bits per heavy atom. The molecule has 0 radical (unpaired) electrons. The van der Waals surface area contributed by atoms with Gasteiger partial charge in [0.25, 0.3) is 0 Å². The molecule has 1 atom stereocenters. The van der Waals surface area contributed by atoms with Crippen molar-refractivity contribution in [2.75, 3.05) is 0 Å². The molecule has 0 saturated carbocycles. The molecule has 0 aromatic rings. The average molecular weight is 187 g/mol. The number of hydrogen-bond acceptors (Lipinski definition) is 2. The van der Waals surface area contributed by atoms with Crippen LogP contribution in [0.2, 0.25) is 0 Å². The van der Waals surface area contributed by atoms with E-state index >= 15 is 0 Å². The fourth-order valence-corrected chi connectivity index (χ4v) is 1.63. The number of nitrogens with two attached hydrogens (primary N) is 1. The highest BCUT2D eigenvalue weighted by atomic mass is 16.3. The maximum atomic E-state index is 9.71. The normalized spacial score (nSPS) is 16.2. The Bertz CT molecular complexity index is 110. The summed E-state index contributed by atoms with van der Waals surface area (Å²) in [7, 11) is 0. The van der Waals surface area contributed by atoms with E-state index in [1.807, 2.05) is 0 Å². The summed E-state index contributed by atoms with van der Waals surface area (Å²) < 4.78 is 0. The van der Waals surface area contributed by atoms with Crippen LogP contribution in [-0.4, -0.2) is 10.8 Å². The van der Waals surface area contributed by atoms with Crippen LogP contribution in [0.3, 0.4) is 0 Å². The molecule has 0 saturated heterocycles. The van der Waals surface area contributed by atoms with E-state index in [4.69, 9.17) is 5.73 Å². The molecule has 1 unspecified atom stereocenters. The summed E-state index contributed by atoms with van der Waals surface area (Å²) in [6.45, 7) is 6.06. The van der Waals surface area contributed by atoms with E-state index in [1.54, 1.807) is 6.92 Å². The predicted molar refractivity (Wildman–Crippen MR) is 57.4 cm³/mol. The first-order chi connectivity index (χ1) is 6.02. The summed E-state index contributed by atoms with van der Waals surface area (Å²) in [5.74, 6) is 0.271. The molecule has 0 heterocycles. The van der Waals surface area contributed by atoms with Crippen LogP contribution < -0.4 is 5.73 Å². The van der Waals surface area contributed by atoms with Crippen LogP contribution in [0.4, 0.5) is 0 Å². The van der Waals surface area contributed by atoms with Gasteiger partial charge in [-0.2, -0.15) is 0 Å². The second kappa shape index (κ2) is 6.39. The Labute approximate surface area is 82.5 Å². The van der Waals surface area contributed by atoms with Gasteiger partial charge in [-0.3, -0.25) is 0 Å². The van der Waals surface area contributed by atoms with Crippen LogP contribution in [0.25, 0.3) is 0 Å². The van der Waals surface area contributed by atoms with Gasteiger partial charge >= 0.3 is 0 Å². The topological polar surface area (TPSA) is 46.2 Å². The minimum atomic E-state index is -0.982. The molecule has 0 amide bonds. The number of aliphatic hydroxyl groups is 1. The summed E-state index contributed by atoms with van der Waals surface area (Å²) in [5, 5.41) is 9.71. The zero-order chi connectivity index (χ0) is 10.3. The number of rotatable bonds is 7. The molecule has 2 nitrogen and oxygen atoms in total. The van der Waals surface area contributed by atoms with Crippen LogP contribution in [0, 0.1) is 5.92 Å². The molecular formula is C11H25NO. The van der Waals surface area contributed by atoms with Crippen LogP contribution >= 0.6 is 0 Å². The summed E-state index contributed by atoms with van der Waals surface area (Å²) in [5.41, 5.74) is 4.74. The third-order valence-electron chi connectivity index (χ3n) is 2.64. The Kier molecular flexibility index (Phi) is 6.35. The minimum absolute atomic E-state index is 0.271. The van der Waals surface area contributed by atoms with Gasteiger partial charge in [-0.15, -0.1) is 0 Å². The molecule has 0 aromatic carbocycles. The van der Waals surface area contributed by atoms with Crippen LogP contribution in [-0.2, 0) is 0 Å². The number of unbranched alkanes of at least 4 members (excludes halogenated alkanes) is 2. The Morgan fingerprint density at radius 2 is 1.54 bits per heavy atom. The quantitative estimate of drug-likeness (QED) is 0.602. The Balaban J connectivity index is 3.88. The largest absolute Gasteiger partial charge is 0.376 e. The second-order valence-corrected chi connectivity index (χ2v) is 4.21. The van der Waals surface area contributed by atoms with Crippen LogP contribution in [0.1, 0.15) is 59.3 Å². The lowest BCUT2D eigenvalue weighted by atomic mass is 9.88. The molecule has 0 aliphatic heterocycles. The van der Waals surface area contributed by atoms with E-state index in [1.165, 1.54) is 25.7 Å². The van der Waals surface area contributed by atoms with E-state index in [9.17, 15) is 5.11 Å². The van der Waals surface area contributed by atoms with Crippen molar-refractivity contribution in [3.8, 4) is 0 Å². The van der Waals surface area contributed by atoms with E-state index in [2.05, 4.69) is 13.8 Å². The van der Waals surface area contributed by atoms with Crippen molar-refractivity contribution in [1.82, 2.24) is 0 Å². The van der Waals surface area contributed by atoms with Gasteiger partial charge in [0.1, 0.15) is 5.72 Å². The van der Waals surface area contributed by atoms with E-state index in [0.717, 1.165) is 12.8 Å². The van der Waals surface area contributed by atoms with Crippen molar-refractivity contribution in [3.63, 3.8) is 0 Å². The van der Waals surface area contributed by atoms with Gasteiger partial charge in [0.05, 0.1) is 0 Å². The summed E-state index contributed by atoms with van der Waals surface area (Å²) >= 11 is 0. The average Bonchev–Trinajstić information content (AvgIpc) is 2.02. The zero-order valence-electron chi connectivity index (χ0n) is 9.34. The van der Waals surface area contributed by atoms with Gasteiger partial charge in [0.2, 0.25) is 0 Å². The van der Waals surface area contributed by atoms with E-state index in [-0.39, 0.29) is 5.92 Å². The molecule has 0 spiro atoms. The maximum Gasteiger partial charge on any atom is 0.113 e. The van der Waals surface area contributed by atoms with Crippen molar-refractivity contribution in [2.24, 2.45) is 11.7 Å². The molecule has 0 aliphatic rings. The monoisotopic (exact) mass is 187 g/mol. The standard InChI is InChI=1S/C11H25NO/c1-4-6-8-10(9-7-5-2)11(3,12)13/h10,13H,4-9,12H2,1-3H3. The molecule has 0 aliphatic carbocycles. The van der Waals surface area contributed by atoms with Gasteiger partial charge in [-0.1, -0.05) is 39.5 Å². The van der Waals surface area contributed by atoms with Gasteiger partial charge in [-0.05, 0) is 19.8 Å². The van der Waals surface area contributed by atoms with Crippen molar-refractivity contribution in [2.45, 2.75) is 65.0 Å². The molecule has 13 heavy (non-hydrogen) atoms. The maximum absolute atomic E-state index is 9.71. The highest BCUT2D eigenvalue weighted by Crippen LogP contribution is 2.24. The second-order valence-electron chi connectivity index (χ2n) is 4.21. The highest BCUT2D eigenvalue weighted by Gasteiger charge is 2.25. The lowest BCUT2D eigenvalue weighted by Gasteiger charge is -2.29. The minimum Gasteiger partial charge on any atom is -0.376 e. The van der Waals surface area contributed by atoms with Crippen molar-refractivity contribution in [3.05, 3.63) is 0 Å². The van der Waals surface area contributed by atoms with Gasteiger partial charge in [0, 0.05) is 5.92 Å². The fraction of sp³-hybridized carbons (Fsp3) is 1.00. The lowest BCUT2D eigenvalue weighted by molar-refractivity contribution is -0.00420. The third kappa shape index (κ3) is 6.05. The third-order valence-corrected chi connectivity index (χ3v) is 2.64. The highest BCUT2D eigenvalue weighted by molar-refractivity contribution is 4.75. The first kappa shape index (κ1) is 12.9.